The maximum Gasteiger partial charge on any atom is 0.324 e. The Morgan fingerprint density at radius 3 is 2.13 bits per heavy atom. The van der Waals surface area contributed by atoms with Crippen LogP contribution in [0.3, 0.4) is 0 Å². The van der Waals surface area contributed by atoms with Crippen molar-refractivity contribution in [2.45, 2.75) is 43.2 Å². The van der Waals surface area contributed by atoms with Gasteiger partial charge in [-0.15, -0.1) is 0 Å². The van der Waals surface area contributed by atoms with Crippen LogP contribution >= 0.6 is 0 Å². The number of aliphatic carboxylic acids is 1. The molecule has 0 radical (unpaired) electrons. The highest BCUT2D eigenvalue weighted by atomic mass is 16.4. The molecule has 4 bridgehead atoms. The lowest BCUT2D eigenvalue weighted by molar-refractivity contribution is -0.183. The lowest BCUT2D eigenvalue weighted by Gasteiger charge is -2.60. The third kappa shape index (κ3) is 1.06. The van der Waals surface area contributed by atoms with E-state index in [-0.39, 0.29) is 11.8 Å². The van der Waals surface area contributed by atoms with Gasteiger partial charge in [-0.3, -0.25) is 4.79 Å². The summed E-state index contributed by atoms with van der Waals surface area (Å²) in [5, 5.41) is 19.5. The van der Waals surface area contributed by atoms with Gasteiger partial charge in [-0.2, -0.15) is 0 Å². The Bertz CT molecular complexity index is 312. The third-order valence-electron chi connectivity index (χ3n) is 4.88. The smallest absolute Gasteiger partial charge is 0.324 e. The first kappa shape index (κ1) is 9.60. The van der Waals surface area contributed by atoms with Crippen LogP contribution in [0.15, 0.2) is 0 Å². The molecule has 4 nitrogen and oxygen atoms in total. The molecule has 4 aliphatic carbocycles. The molecule has 0 unspecified atom stereocenters. The van der Waals surface area contributed by atoms with Gasteiger partial charge >= 0.3 is 5.97 Å². The number of carboxylic acid groups (broad SMARTS) is 1. The van der Waals surface area contributed by atoms with Gasteiger partial charge in [-0.25, -0.2) is 0 Å². The van der Waals surface area contributed by atoms with Crippen LogP contribution in [-0.2, 0) is 4.79 Å². The molecule has 0 saturated heterocycles. The molecule has 84 valence electrons. The summed E-state index contributed by atoms with van der Waals surface area (Å²) in [6.45, 7) is 0. The molecule has 4 fully saturated rings. The van der Waals surface area contributed by atoms with Crippen molar-refractivity contribution in [3.05, 3.63) is 0 Å². The summed E-state index contributed by atoms with van der Waals surface area (Å²) < 4.78 is 0. The van der Waals surface area contributed by atoms with Gasteiger partial charge in [0.05, 0.1) is 5.60 Å². The number of hydrogen-bond acceptors (Lipinski definition) is 3. The summed E-state index contributed by atoms with van der Waals surface area (Å²) in [5.41, 5.74) is 4.41. The van der Waals surface area contributed by atoms with Gasteiger partial charge in [-0.1, -0.05) is 0 Å². The van der Waals surface area contributed by atoms with Crippen LogP contribution in [0, 0.1) is 17.8 Å². The second kappa shape index (κ2) is 2.55. The minimum atomic E-state index is -1.07. The number of carboxylic acids is 1. The van der Waals surface area contributed by atoms with E-state index in [1.54, 1.807) is 0 Å². The minimum absolute atomic E-state index is 0.0220. The molecule has 0 aliphatic heterocycles. The first-order valence-corrected chi connectivity index (χ1v) is 5.69. The van der Waals surface area contributed by atoms with Gasteiger partial charge in [0, 0.05) is 0 Å². The normalized spacial score (nSPS) is 57.1. The lowest BCUT2D eigenvalue weighted by atomic mass is 9.47. The van der Waals surface area contributed by atoms with E-state index in [2.05, 4.69) is 0 Å². The van der Waals surface area contributed by atoms with Crippen LogP contribution < -0.4 is 5.73 Å². The molecular formula is C11H17NO3. The van der Waals surface area contributed by atoms with E-state index < -0.39 is 17.1 Å². The number of carbonyl (C=O) groups is 1. The molecule has 0 aromatic rings. The molecular weight excluding hydrogens is 194 g/mol. The molecule has 0 aromatic heterocycles. The van der Waals surface area contributed by atoms with Crippen LogP contribution in [0.5, 0.6) is 0 Å². The van der Waals surface area contributed by atoms with Crippen molar-refractivity contribution in [3.63, 3.8) is 0 Å². The van der Waals surface area contributed by atoms with Gasteiger partial charge in [0.25, 0.3) is 0 Å². The fraction of sp³-hybridized carbons (Fsp3) is 0.909. The van der Waals surface area contributed by atoms with Gasteiger partial charge in [0.1, 0.15) is 5.54 Å². The maximum atomic E-state index is 11.3. The highest BCUT2D eigenvalue weighted by Gasteiger charge is 2.63. The third-order valence-corrected chi connectivity index (χ3v) is 4.88. The summed E-state index contributed by atoms with van der Waals surface area (Å²) in [4.78, 5) is 11.3. The Morgan fingerprint density at radius 2 is 1.73 bits per heavy atom. The Labute approximate surface area is 88.5 Å². The molecule has 0 amide bonds. The summed E-state index contributed by atoms with van der Waals surface area (Å²) in [6, 6.07) is 0. The maximum absolute atomic E-state index is 11.3. The fourth-order valence-electron chi connectivity index (χ4n) is 4.35. The summed E-state index contributed by atoms with van der Waals surface area (Å²) in [7, 11) is 0. The van der Waals surface area contributed by atoms with Gasteiger partial charge < -0.3 is 15.9 Å². The largest absolute Gasteiger partial charge is 0.480 e. The zero-order valence-electron chi connectivity index (χ0n) is 8.65. The summed E-state index contributed by atoms with van der Waals surface area (Å²) in [6.07, 6.45) is 3.81. The second-order valence-corrected chi connectivity index (χ2v) is 5.81. The molecule has 4 saturated carbocycles. The van der Waals surface area contributed by atoms with Gasteiger partial charge in [0.15, 0.2) is 0 Å². The van der Waals surface area contributed by atoms with Crippen LogP contribution in [-0.4, -0.2) is 27.3 Å². The topological polar surface area (TPSA) is 83.6 Å². The van der Waals surface area contributed by atoms with Crippen LogP contribution in [0.1, 0.15) is 32.1 Å². The summed E-state index contributed by atoms with van der Waals surface area (Å²) >= 11 is 0. The monoisotopic (exact) mass is 211 g/mol. The van der Waals surface area contributed by atoms with E-state index >= 15 is 0 Å². The molecule has 4 aliphatic rings. The highest BCUT2D eigenvalue weighted by molar-refractivity contribution is 5.80. The zero-order chi connectivity index (χ0) is 10.8. The van der Waals surface area contributed by atoms with E-state index in [0.29, 0.717) is 18.8 Å². The molecule has 4 rings (SSSR count). The molecule has 0 aromatic carbocycles. The Balaban J connectivity index is 2.01. The first-order valence-electron chi connectivity index (χ1n) is 5.69. The Morgan fingerprint density at radius 1 is 1.20 bits per heavy atom. The zero-order valence-corrected chi connectivity index (χ0v) is 8.65. The number of nitrogens with two attached hydrogens (primary N) is 1. The molecule has 4 heteroatoms. The van der Waals surface area contributed by atoms with Crippen LogP contribution in [0.2, 0.25) is 0 Å². The van der Waals surface area contributed by atoms with Crippen molar-refractivity contribution in [2.24, 2.45) is 23.5 Å². The van der Waals surface area contributed by atoms with Crippen molar-refractivity contribution < 1.29 is 15.0 Å². The van der Waals surface area contributed by atoms with E-state index in [9.17, 15) is 15.0 Å². The highest BCUT2D eigenvalue weighted by Crippen LogP contribution is 2.59. The van der Waals surface area contributed by atoms with Gasteiger partial charge in [0.2, 0.25) is 0 Å². The van der Waals surface area contributed by atoms with Crippen LogP contribution in [0.25, 0.3) is 0 Å². The lowest BCUT2D eigenvalue weighted by Crippen LogP contribution is -2.70. The fourth-order valence-corrected chi connectivity index (χ4v) is 4.35. The first-order chi connectivity index (χ1) is 6.94. The molecule has 15 heavy (non-hydrogen) atoms. The average Bonchev–Trinajstić information content (AvgIpc) is 2.10. The quantitative estimate of drug-likeness (QED) is 0.584. The standard InChI is InChI=1S/C11H17NO3/c12-11(9(13)14)7-1-6-2-8(11)5-10(15,3-6)4-7/h6-8,15H,1-5,12H2,(H,13,14)/t6?,7-,8-,10?,11?/m1/s1. The van der Waals surface area contributed by atoms with Crippen LogP contribution in [0.4, 0.5) is 0 Å². The minimum Gasteiger partial charge on any atom is -0.480 e. The predicted molar refractivity (Wildman–Crippen MR) is 53.1 cm³/mol. The summed E-state index contributed by atoms with van der Waals surface area (Å²) in [5.74, 6) is -0.416. The van der Waals surface area contributed by atoms with Gasteiger partial charge in [-0.05, 0) is 49.9 Å². The number of aliphatic hydroxyl groups is 1. The molecule has 0 heterocycles. The van der Waals surface area contributed by atoms with E-state index in [0.717, 1.165) is 19.3 Å². The second-order valence-electron chi connectivity index (χ2n) is 5.81. The van der Waals surface area contributed by atoms with E-state index in [1.807, 2.05) is 0 Å². The average molecular weight is 211 g/mol. The van der Waals surface area contributed by atoms with Crippen molar-refractivity contribution >= 4 is 5.97 Å². The van der Waals surface area contributed by atoms with Crippen molar-refractivity contribution in [3.8, 4) is 0 Å². The number of rotatable bonds is 1. The Hall–Kier alpha value is -0.610. The Kier molecular flexibility index (Phi) is 1.63. The molecule has 0 spiro atoms. The van der Waals surface area contributed by atoms with E-state index in [4.69, 9.17) is 5.73 Å². The van der Waals surface area contributed by atoms with E-state index in [1.165, 1.54) is 0 Å². The molecule has 2 atom stereocenters. The SMILES string of the molecule is NC1(C(=O)O)[C@@H]2CC3C[C@@H]1CC(O)(C3)C2. The van der Waals surface area contributed by atoms with Crippen molar-refractivity contribution in [1.29, 1.82) is 0 Å². The predicted octanol–water partition coefficient (Wildman–Crippen LogP) is 0.339. The number of hydrogen-bond donors (Lipinski definition) is 3. The molecule has 4 N–H and O–H groups in total. The van der Waals surface area contributed by atoms with Crippen molar-refractivity contribution in [2.75, 3.05) is 0 Å². The van der Waals surface area contributed by atoms with Crippen molar-refractivity contribution in [1.82, 2.24) is 0 Å².